The molecule has 2 nitrogen and oxygen atoms in total. The van der Waals surface area contributed by atoms with E-state index in [1.54, 1.807) is 0 Å². The van der Waals surface area contributed by atoms with Crippen LogP contribution in [0.25, 0.3) is 10.1 Å². The lowest BCUT2D eigenvalue weighted by Gasteiger charge is -2.07. The highest BCUT2D eigenvalue weighted by molar-refractivity contribution is 7.19. The van der Waals surface area contributed by atoms with Crippen molar-refractivity contribution in [2.75, 3.05) is 13.2 Å². The van der Waals surface area contributed by atoms with Crippen LogP contribution in [0.4, 0.5) is 0 Å². The van der Waals surface area contributed by atoms with Crippen LogP contribution in [-0.2, 0) is 17.9 Å². The Morgan fingerprint density at radius 2 is 2.19 bits per heavy atom. The Labute approximate surface area is 131 Å². The van der Waals surface area contributed by atoms with Crippen LogP contribution >= 0.6 is 11.3 Å². The van der Waals surface area contributed by atoms with E-state index in [0.29, 0.717) is 6.61 Å². The Hall–Kier alpha value is -1.16. The Morgan fingerprint density at radius 3 is 3.00 bits per heavy atom. The lowest BCUT2D eigenvalue weighted by Crippen LogP contribution is -2.14. The molecule has 0 atom stereocenters. The minimum Gasteiger partial charge on any atom is -0.377 e. The molecule has 1 heterocycles. The molecule has 0 saturated carbocycles. The minimum absolute atomic E-state index is 0.713. The first kappa shape index (κ1) is 16.2. The molecular weight excluding hydrogens is 278 g/mol. The maximum atomic E-state index is 5.87. The van der Waals surface area contributed by atoms with Crippen LogP contribution in [0.15, 0.2) is 36.9 Å². The quantitative estimate of drug-likeness (QED) is 0.499. The Bertz CT molecular complexity index is 561. The van der Waals surface area contributed by atoms with E-state index in [0.717, 1.165) is 39.0 Å². The van der Waals surface area contributed by atoms with E-state index in [4.69, 9.17) is 4.74 Å². The fraction of sp³-hybridized carbons (Fsp3) is 0.444. The van der Waals surface area contributed by atoms with Gasteiger partial charge >= 0.3 is 0 Å². The van der Waals surface area contributed by atoms with Gasteiger partial charge in [0.15, 0.2) is 0 Å². The van der Waals surface area contributed by atoms with Crippen LogP contribution in [0, 0.1) is 0 Å². The molecular formula is C18H25NOS. The highest BCUT2D eigenvalue weighted by atomic mass is 32.1. The molecule has 0 unspecified atom stereocenters. The monoisotopic (exact) mass is 303 g/mol. The van der Waals surface area contributed by atoms with Crippen molar-refractivity contribution >= 4 is 21.4 Å². The largest absolute Gasteiger partial charge is 0.377 e. The maximum absolute atomic E-state index is 5.87. The zero-order valence-electron chi connectivity index (χ0n) is 12.9. The number of allylic oxidation sites excluding steroid dienone is 1. The van der Waals surface area contributed by atoms with Gasteiger partial charge in [0, 0.05) is 28.3 Å². The molecule has 2 rings (SSSR count). The SMILES string of the molecule is C=CCCCOCc1c(CNCCC)sc2ccccc12. The first-order chi connectivity index (χ1) is 10.4. The van der Waals surface area contributed by atoms with Gasteiger partial charge in [-0.05, 0) is 37.3 Å². The van der Waals surface area contributed by atoms with Gasteiger partial charge in [-0.2, -0.15) is 0 Å². The van der Waals surface area contributed by atoms with E-state index in [9.17, 15) is 0 Å². The highest BCUT2D eigenvalue weighted by Gasteiger charge is 2.11. The van der Waals surface area contributed by atoms with Crippen molar-refractivity contribution in [3.63, 3.8) is 0 Å². The number of hydrogen-bond donors (Lipinski definition) is 1. The number of ether oxygens (including phenoxy) is 1. The van der Waals surface area contributed by atoms with Gasteiger partial charge in [-0.25, -0.2) is 0 Å². The molecule has 0 saturated heterocycles. The molecule has 1 aromatic heterocycles. The van der Waals surface area contributed by atoms with Gasteiger partial charge in [-0.15, -0.1) is 17.9 Å². The fourth-order valence-corrected chi connectivity index (χ4v) is 3.51. The predicted octanol–water partition coefficient (Wildman–Crippen LogP) is 4.88. The lowest BCUT2D eigenvalue weighted by atomic mass is 10.1. The van der Waals surface area contributed by atoms with Crippen LogP contribution in [0.5, 0.6) is 0 Å². The van der Waals surface area contributed by atoms with Crippen LogP contribution in [0.3, 0.4) is 0 Å². The zero-order valence-corrected chi connectivity index (χ0v) is 13.7. The molecule has 0 radical (unpaired) electrons. The Kier molecular flexibility index (Phi) is 6.93. The Morgan fingerprint density at radius 1 is 1.33 bits per heavy atom. The summed E-state index contributed by atoms with van der Waals surface area (Å²) in [5.41, 5.74) is 1.36. The molecule has 0 aliphatic heterocycles. The fourth-order valence-electron chi connectivity index (χ4n) is 2.33. The number of fused-ring (bicyclic) bond motifs is 1. The van der Waals surface area contributed by atoms with Gasteiger partial charge < -0.3 is 10.1 Å². The van der Waals surface area contributed by atoms with Crippen LogP contribution < -0.4 is 5.32 Å². The lowest BCUT2D eigenvalue weighted by molar-refractivity contribution is 0.119. The van der Waals surface area contributed by atoms with Gasteiger partial charge in [0.05, 0.1) is 6.61 Å². The number of hydrogen-bond acceptors (Lipinski definition) is 3. The van der Waals surface area contributed by atoms with E-state index >= 15 is 0 Å². The summed E-state index contributed by atoms with van der Waals surface area (Å²) in [6.07, 6.45) is 5.19. The second-order valence-corrected chi connectivity index (χ2v) is 6.30. The van der Waals surface area contributed by atoms with Crippen LogP contribution in [-0.4, -0.2) is 13.2 Å². The van der Waals surface area contributed by atoms with E-state index in [1.165, 1.54) is 20.5 Å². The van der Waals surface area contributed by atoms with E-state index in [-0.39, 0.29) is 0 Å². The maximum Gasteiger partial charge on any atom is 0.0734 e. The molecule has 0 aliphatic rings. The molecule has 3 heteroatoms. The minimum atomic E-state index is 0.713. The molecule has 0 amide bonds. The molecule has 0 spiro atoms. The van der Waals surface area contributed by atoms with Crippen molar-refractivity contribution in [2.45, 2.75) is 39.3 Å². The van der Waals surface area contributed by atoms with Gasteiger partial charge in [0.2, 0.25) is 0 Å². The number of thiophene rings is 1. The van der Waals surface area contributed by atoms with Crippen molar-refractivity contribution in [3.8, 4) is 0 Å². The molecule has 21 heavy (non-hydrogen) atoms. The summed E-state index contributed by atoms with van der Waals surface area (Å²) in [5, 5.41) is 4.85. The molecule has 2 aromatic rings. The third-order valence-electron chi connectivity index (χ3n) is 3.44. The van der Waals surface area contributed by atoms with Gasteiger partial charge in [-0.3, -0.25) is 0 Å². The normalized spacial score (nSPS) is 11.1. The summed E-state index contributed by atoms with van der Waals surface area (Å²) in [6, 6.07) is 8.62. The van der Waals surface area contributed by atoms with Crippen molar-refractivity contribution < 1.29 is 4.74 Å². The molecule has 1 N–H and O–H groups in total. The van der Waals surface area contributed by atoms with Gasteiger partial charge in [0.25, 0.3) is 0 Å². The van der Waals surface area contributed by atoms with E-state index < -0.39 is 0 Å². The number of benzene rings is 1. The standard InChI is InChI=1S/C18H25NOS/c1-3-5-8-12-20-14-16-15-9-6-7-10-17(15)21-18(16)13-19-11-4-2/h3,6-7,9-10,19H,1,4-5,8,11-14H2,2H3. The third kappa shape index (κ3) is 4.67. The first-order valence-electron chi connectivity index (χ1n) is 7.75. The zero-order chi connectivity index (χ0) is 14.9. The van der Waals surface area contributed by atoms with Crippen LogP contribution in [0.1, 0.15) is 36.6 Å². The molecule has 0 fully saturated rings. The van der Waals surface area contributed by atoms with Crippen molar-refractivity contribution in [1.29, 1.82) is 0 Å². The molecule has 0 bridgehead atoms. The molecule has 0 aliphatic carbocycles. The average molecular weight is 303 g/mol. The average Bonchev–Trinajstić information content (AvgIpc) is 2.85. The van der Waals surface area contributed by atoms with Gasteiger partial charge in [0.1, 0.15) is 0 Å². The number of nitrogens with one attached hydrogen (secondary N) is 1. The summed E-state index contributed by atoms with van der Waals surface area (Å²) >= 11 is 1.88. The van der Waals surface area contributed by atoms with Gasteiger partial charge in [-0.1, -0.05) is 31.2 Å². The third-order valence-corrected chi connectivity index (χ3v) is 4.65. The highest BCUT2D eigenvalue weighted by Crippen LogP contribution is 2.31. The van der Waals surface area contributed by atoms with Crippen LogP contribution in [0.2, 0.25) is 0 Å². The molecule has 114 valence electrons. The van der Waals surface area contributed by atoms with Crippen molar-refractivity contribution in [2.24, 2.45) is 0 Å². The summed E-state index contributed by atoms with van der Waals surface area (Å²) in [4.78, 5) is 1.41. The van der Waals surface area contributed by atoms with Crippen molar-refractivity contribution in [3.05, 3.63) is 47.4 Å². The molecule has 1 aromatic carbocycles. The number of unbranched alkanes of at least 4 members (excludes halogenated alkanes) is 1. The second kappa shape index (κ2) is 8.98. The Balaban J connectivity index is 2.05. The second-order valence-electron chi connectivity index (χ2n) is 5.16. The summed E-state index contributed by atoms with van der Waals surface area (Å²) in [7, 11) is 0. The topological polar surface area (TPSA) is 21.3 Å². The number of rotatable bonds is 10. The summed E-state index contributed by atoms with van der Waals surface area (Å²) in [6.45, 7) is 9.46. The van der Waals surface area contributed by atoms with Crippen molar-refractivity contribution in [1.82, 2.24) is 5.32 Å². The van der Waals surface area contributed by atoms with E-state index in [2.05, 4.69) is 43.1 Å². The van der Waals surface area contributed by atoms with E-state index in [1.807, 2.05) is 17.4 Å². The summed E-state index contributed by atoms with van der Waals surface area (Å²) < 4.78 is 7.22. The first-order valence-corrected chi connectivity index (χ1v) is 8.57. The summed E-state index contributed by atoms with van der Waals surface area (Å²) in [5.74, 6) is 0. The smallest absolute Gasteiger partial charge is 0.0734 e. The predicted molar refractivity (Wildman–Crippen MR) is 92.9 cm³/mol.